The van der Waals surface area contributed by atoms with Crippen LogP contribution in [0, 0.1) is 0 Å². The standard InChI is InChI=1S/C15H24O3S/c1-14(2,3)12-8-7-9-13(15(4,5)6)11(12)10-19(16,17)18/h7-9H,10H2,1-6H3,(H,16,17,18). The molecule has 0 aliphatic carbocycles. The first-order chi connectivity index (χ1) is 8.32. The molecule has 0 aliphatic rings. The van der Waals surface area contributed by atoms with Crippen molar-refractivity contribution in [1.82, 2.24) is 0 Å². The Hall–Kier alpha value is -0.870. The van der Waals surface area contributed by atoms with Gasteiger partial charge in [-0.05, 0) is 27.5 Å². The van der Waals surface area contributed by atoms with E-state index in [2.05, 4.69) is 0 Å². The van der Waals surface area contributed by atoms with Crippen LogP contribution >= 0.6 is 0 Å². The average Bonchev–Trinajstić information content (AvgIpc) is 2.11. The topological polar surface area (TPSA) is 54.4 Å². The molecule has 1 N–H and O–H groups in total. The van der Waals surface area contributed by atoms with E-state index in [1.165, 1.54) is 0 Å². The molecule has 19 heavy (non-hydrogen) atoms. The second-order valence-corrected chi connectivity index (χ2v) is 8.51. The van der Waals surface area contributed by atoms with Crippen molar-refractivity contribution in [2.24, 2.45) is 0 Å². The highest BCUT2D eigenvalue weighted by atomic mass is 32.2. The summed E-state index contributed by atoms with van der Waals surface area (Å²) in [6, 6.07) is 5.83. The quantitative estimate of drug-likeness (QED) is 0.843. The number of hydrogen-bond acceptors (Lipinski definition) is 2. The highest BCUT2D eigenvalue weighted by Crippen LogP contribution is 2.34. The summed E-state index contributed by atoms with van der Waals surface area (Å²) in [5.41, 5.74) is 2.34. The molecule has 0 bridgehead atoms. The van der Waals surface area contributed by atoms with Crippen LogP contribution in [-0.4, -0.2) is 13.0 Å². The average molecular weight is 284 g/mol. The lowest BCUT2D eigenvalue weighted by atomic mass is 9.77. The van der Waals surface area contributed by atoms with Crippen LogP contribution in [0.25, 0.3) is 0 Å². The van der Waals surface area contributed by atoms with Crippen LogP contribution in [0.15, 0.2) is 18.2 Å². The third-order valence-corrected chi connectivity index (χ3v) is 3.77. The fraction of sp³-hybridized carbons (Fsp3) is 0.600. The molecule has 0 fully saturated rings. The Bertz CT molecular complexity index is 526. The van der Waals surface area contributed by atoms with Crippen molar-refractivity contribution in [3.05, 3.63) is 34.9 Å². The normalized spacial score (nSPS) is 13.6. The van der Waals surface area contributed by atoms with Crippen LogP contribution in [0.4, 0.5) is 0 Å². The lowest BCUT2D eigenvalue weighted by Crippen LogP contribution is -2.22. The Labute approximate surface area is 116 Å². The van der Waals surface area contributed by atoms with Crippen molar-refractivity contribution >= 4 is 10.1 Å². The summed E-state index contributed by atoms with van der Waals surface area (Å²) in [7, 11) is -4.04. The molecule has 0 atom stereocenters. The van der Waals surface area contributed by atoms with Gasteiger partial charge in [0.05, 0.1) is 0 Å². The van der Waals surface area contributed by atoms with Gasteiger partial charge in [0.2, 0.25) is 0 Å². The van der Waals surface area contributed by atoms with E-state index in [1.54, 1.807) is 0 Å². The first-order valence-corrected chi connectivity index (χ1v) is 8.01. The summed E-state index contributed by atoms with van der Waals surface area (Å²) in [5.74, 6) is -0.326. The van der Waals surface area contributed by atoms with Gasteiger partial charge in [-0.1, -0.05) is 59.7 Å². The Morgan fingerprint density at radius 1 is 0.947 bits per heavy atom. The van der Waals surface area contributed by atoms with E-state index in [0.717, 1.165) is 16.7 Å². The monoisotopic (exact) mass is 284 g/mol. The van der Waals surface area contributed by atoms with Crippen LogP contribution in [0.3, 0.4) is 0 Å². The zero-order chi connectivity index (χ0) is 15.1. The van der Waals surface area contributed by atoms with E-state index in [1.807, 2.05) is 59.7 Å². The number of benzene rings is 1. The van der Waals surface area contributed by atoms with Gasteiger partial charge in [-0.25, -0.2) is 0 Å². The van der Waals surface area contributed by atoms with Gasteiger partial charge >= 0.3 is 0 Å². The molecule has 0 heterocycles. The van der Waals surface area contributed by atoms with Crippen molar-refractivity contribution in [1.29, 1.82) is 0 Å². The molecular weight excluding hydrogens is 260 g/mol. The minimum Gasteiger partial charge on any atom is -0.285 e. The van der Waals surface area contributed by atoms with Gasteiger partial charge in [0, 0.05) is 0 Å². The lowest BCUT2D eigenvalue weighted by Gasteiger charge is -2.29. The second-order valence-electron chi connectivity index (χ2n) is 7.06. The van der Waals surface area contributed by atoms with Gasteiger partial charge < -0.3 is 0 Å². The van der Waals surface area contributed by atoms with Crippen molar-refractivity contribution < 1.29 is 13.0 Å². The molecule has 0 unspecified atom stereocenters. The molecule has 0 saturated heterocycles. The molecule has 1 rings (SSSR count). The van der Waals surface area contributed by atoms with Crippen molar-refractivity contribution in [3.63, 3.8) is 0 Å². The van der Waals surface area contributed by atoms with E-state index < -0.39 is 10.1 Å². The minimum atomic E-state index is -4.04. The SMILES string of the molecule is CC(C)(C)c1cccc(C(C)(C)C)c1CS(=O)(=O)O. The third kappa shape index (κ3) is 4.32. The van der Waals surface area contributed by atoms with E-state index in [4.69, 9.17) is 0 Å². The molecule has 0 aliphatic heterocycles. The first-order valence-electron chi connectivity index (χ1n) is 6.40. The van der Waals surface area contributed by atoms with Gasteiger partial charge in [0.15, 0.2) is 0 Å². The predicted molar refractivity (Wildman–Crippen MR) is 79.1 cm³/mol. The summed E-state index contributed by atoms with van der Waals surface area (Å²) in [6.07, 6.45) is 0. The highest BCUT2D eigenvalue weighted by Gasteiger charge is 2.27. The zero-order valence-electron chi connectivity index (χ0n) is 12.6. The molecule has 0 radical (unpaired) electrons. The Morgan fingerprint density at radius 3 is 1.58 bits per heavy atom. The predicted octanol–water partition coefficient (Wildman–Crippen LogP) is 3.67. The summed E-state index contributed by atoms with van der Waals surface area (Å²) in [6.45, 7) is 12.3. The van der Waals surface area contributed by atoms with Gasteiger partial charge in [0.1, 0.15) is 5.75 Å². The highest BCUT2D eigenvalue weighted by molar-refractivity contribution is 7.85. The minimum absolute atomic E-state index is 0.165. The summed E-state index contributed by atoms with van der Waals surface area (Å²) >= 11 is 0. The van der Waals surface area contributed by atoms with Crippen molar-refractivity contribution in [2.75, 3.05) is 0 Å². The van der Waals surface area contributed by atoms with E-state index >= 15 is 0 Å². The molecule has 1 aromatic rings. The molecule has 108 valence electrons. The number of rotatable bonds is 2. The Kier molecular flexibility index (Phi) is 4.18. The Balaban J connectivity index is 3.60. The van der Waals surface area contributed by atoms with Crippen LogP contribution in [0.5, 0.6) is 0 Å². The maximum absolute atomic E-state index is 11.3. The van der Waals surface area contributed by atoms with Crippen LogP contribution in [0.1, 0.15) is 58.2 Å². The summed E-state index contributed by atoms with van der Waals surface area (Å²) in [5, 5.41) is 0. The van der Waals surface area contributed by atoms with Gasteiger partial charge in [-0.2, -0.15) is 8.42 Å². The molecule has 1 aromatic carbocycles. The van der Waals surface area contributed by atoms with E-state index in [0.29, 0.717) is 0 Å². The van der Waals surface area contributed by atoms with E-state index in [-0.39, 0.29) is 16.6 Å². The smallest absolute Gasteiger partial charge is 0.269 e. The fourth-order valence-corrected chi connectivity index (χ4v) is 3.01. The summed E-state index contributed by atoms with van der Waals surface area (Å²) in [4.78, 5) is 0. The van der Waals surface area contributed by atoms with Gasteiger partial charge in [-0.15, -0.1) is 0 Å². The molecule has 0 aromatic heterocycles. The third-order valence-electron chi connectivity index (χ3n) is 3.12. The second kappa shape index (κ2) is 4.91. The molecule has 3 nitrogen and oxygen atoms in total. The Morgan fingerprint density at radius 2 is 1.32 bits per heavy atom. The lowest BCUT2D eigenvalue weighted by molar-refractivity contribution is 0.479. The van der Waals surface area contributed by atoms with Crippen LogP contribution in [0.2, 0.25) is 0 Å². The maximum Gasteiger partial charge on any atom is 0.269 e. The van der Waals surface area contributed by atoms with Gasteiger partial charge in [0.25, 0.3) is 10.1 Å². The molecule has 0 saturated carbocycles. The fourth-order valence-electron chi connectivity index (χ4n) is 2.33. The summed E-state index contributed by atoms with van der Waals surface area (Å²) < 4.78 is 31.9. The van der Waals surface area contributed by atoms with Crippen molar-refractivity contribution in [2.45, 2.75) is 58.1 Å². The molecule has 0 spiro atoms. The first kappa shape index (κ1) is 16.2. The van der Waals surface area contributed by atoms with E-state index in [9.17, 15) is 13.0 Å². The molecule has 4 heteroatoms. The van der Waals surface area contributed by atoms with Crippen LogP contribution < -0.4 is 0 Å². The molecule has 0 amide bonds. The molecular formula is C15H24O3S. The maximum atomic E-state index is 11.3. The van der Waals surface area contributed by atoms with Crippen LogP contribution in [-0.2, 0) is 26.7 Å². The van der Waals surface area contributed by atoms with Gasteiger partial charge in [-0.3, -0.25) is 4.55 Å². The largest absolute Gasteiger partial charge is 0.285 e. The zero-order valence-corrected chi connectivity index (χ0v) is 13.4. The van der Waals surface area contributed by atoms with Crippen molar-refractivity contribution in [3.8, 4) is 0 Å². The number of hydrogen-bond donors (Lipinski definition) is 1.